The van der Waals surface area contributed by atoms with Crippen LogP contribution in [-0.4, -0.2) is 32.3 Å². The Morgan fingerprint density at radius 3 is 2.15 bits per heavy atom. The molecule has 4 N–H and O–H groups in total. The smallest absolute Gasteiger partial charge is 0.106 e. The van der Waals surface area contributed by atoms with E-state index in [4.69, 9.17) is 15.3 Å². The number of carbonyl (C=O) groups excluding carboxylic acids is 1. The van der Waals surface area contributed by atoms with E-state index in [0.29, 0.717) is 0 Å². The van der Waals surface area contributed by atoms with E-state index < -0.39 is 0 Å². The van der Waals surface area contributed by atoms with Gasteiger partial charge >= 0.3 is 0 Å². The number of nitrogens with two attached hydrogens (primary N) is 1. The van der Waals surface area contributed by atoms with Crippen LogP contribution in [0, 0.1) is 5.41 Å². The van der Waals surface area contributed by atoms with Crippen molar-refractivity contribution in [1.82, 2.24) is 0 Å². The summed E-state index contributed by atoms with van der Waals surface area (Å²) in [4.78, 5) is 9.01. The SMILES string of the molecule is C=O.CN.CO.N=Cc1cccs1. The van der Waals surface area contributed by atoms with E-state index in [2.05, 4.69) is 5.73 Å². The molecule has 0 saturated carbocycles. The van der Waals surface area contributed by atoms with Gasteiger partial charge in [0.15, 0.2) is 0 Å². The van der Waals surface area contributed by atoms with Crippen LogP contribution in [0.1, 0.15) is 4.88 Å². The van der Waals surface area contributed by atoms with Crippen molar-refractivity contribution in [2.75, 3.05) is 14.2 Å². The first-order valence-corrected chi connectivity index (χ1v) is 4.17. The Hall–Kier alpha value is -1.04. The summed E-state index contributed by atoms with van der Waals surface area (Å²) in [5.74, 6) is 0. The molecule has 0 spiro atoms. The minimum atomic E-state index is 1.00. The number of hydrogen-bond donors (Lipinski definition) is 3. The molecule has 76 valence electrons. The summed E-state index contributed by atoms with van der Waals surface area (Å²) in [5, 5.41) is 15.7. The summed E-state index contributed by atoms with van der Waals surface area (Å²) < 4.78 is 0. The molecule has 4 nitrogen and oxygen atoms in total. The molecule has 0 fully saturated rings. The molecule has 0 atom stereocenters. The van der Waals surface area contributed by atoms with Crippen LogP contribution in [0.4, 0.5) is 0 Å². The summed E-state index contributed by atoms with van der Waals surface area (Å²) in [5.41, 5.74) is 4.50. The fourth-order valence-corrected chi connectivity index (χ4v) is 0.913. The van der Waals surface area contributed by atoms with Crippen molar-refractivity contribution >= 4 is 24.3 Å². The van der Waals surface area contributed by atoms with Crippen LogP contribution < -0.4 is 5.73 Å². The van der Waals surface area contributed by atoms with Crippen molar-refractivity contribution in [3.8, 4) is 0 Å². The van der Waals surface area contributed by atoms with Gasteiger partial charge in [-0.05, 0) is 18.5 Å². The molecule has 0 aromatic carbocycles. The lowest BCUT2D eigenvalue weighted by atomic mass is 10.5. The molecule has 1 aromatic rings. The maximum Gasteiger partial charge on any atom is 0.106 e. The highest BCUT2D eigenvalue weighted by atomic mass is 32.1. The zero-order valence-corrected chi connectivity index (χ0v) is 8.67. The average molecular weight is 204 g/mol. The fraction of sp³-hybridized carbons (Fsp3) is 0.250. The molecule has 0 bridgehead atoms. The molecule has 0 aliphatic rings. The zero-order chi connectivity index (χ0) is 11.1. The molecular weight excluding hydrogens is 188 g/mol. The fourth-order valence-electron chi connectivity index (χ4n) is 0.373. The van der Waals surface area contributed by atoms with E-state index >= 15 is 0 Å². The number of thiophene rings is 1. The second-order valence-corrected chi connectivity index (χ2v) is 2.14. The van der Waals surface area contributed by atoms with Gasteiger partial charge in [0.2, 0.25) is 0 Å². The standard InChI is InChI=1S/C5H5NS.CH5N.CH4O.CH2O/c6-4-5-2-1-3-7-5;3*1-2/h1-4,6H;2H2,1H3;2H,1H3;1H2. The van der Waals surface area contributed by atoms with Gasteiger partial charge in [0.1, 0.15) is 6.79 Å². The van der Waals surface area contributed by atoms with Crippen LogP contribution in [-0.2, 0) is 4.79 Å². The second kappa shape index (κ2) is 22.4. The molecule has 1 heterocycles. The minimum Gasteiger partial charge on any atom is -0.400 e. The largest absolute Gasteiger partial charge is 0.400 e. The number of carbonyl (C=O) groups is 1. The first kappa shape index (κ1) is 17.9. The molecule has 0 amide bonds. The van der Waals surface area contributed by atoms with Gasteiger partial charge < -0.3 is 21.0 Å². The number of aliphatic hydroxyl groups is 1. The van der Waals surface area contributed by atoms with E-state index in [1.807, 2.05) is 24.3 Å². The van der Waals surface area contributed by atoms with Crippen molar-refractivity contribution in [1.29, 1.82) is 5.41 Å². The van der Waals surface area contributed by atoms with E-state index in [0.717, 1.165) is 12.0 Å². The highest BCUT2D eigenvalue weighted by molar-refractivity contribution is 7.11. The van der Waals surface area contributed by atoms with Crippen LogP contribution in [0.15, 0.2) is 17.5 Å². The lowest BCUT2D eigenvalue weighted by Crippen LogP contribution is -1.69. The molecule has 0 aliphatic heterocycles. The Balaban J connectivity index is -0.000000144. The summed E-state index contributed by atoms with van der Waals surface area (Å²) >= 11 is 1.58. The van der Waals surface area contributed by atoms with Crippen molar-refractivity contribution in [2.45, 2.75) is 0 Å². The van der Waals surface area contributed by atoms with E-state index in [-0.39, 0.29) is 0 Å². The predicted molar refractivity (Wildman–Crippen MR) is 57.6 cm³/mol. The Morgan fingerprint density at radius 1 is 1.54 bits per heavy atom. The maximum atomic E-state index is 8.00. The first-order chi connectivity index (χ1) is 6.43. The second-order valence-electron chi connectivity index (χ2n) is 1.16. The third-order valence-electron chi connectivity index (χ3n) is 0.685. The Kier molecular flexibility index (Phi) is 30.9. The monoisotopic (exact) mass is 204 g/mol. The highest BCUT2D eigenvalue weighted by Crippen LogP contribution is 2.02. The topological polar surface area (TPSA) is 87.2 Å². The van der Waals surface area contributed by atoms with E-state index in [1.165, 1.54) is 13.3 Å². The van der Waals surface area contributed by atoms with Gasteiger partial charge in [0.25, 0.3) is 0 Å². The lowest BCUT2D eigenvalue weighted by molar-refractivity contribution is -0.0979. The van der Waals surface area contributed by atoms with Gasteiger partial charge in [-0.2, -0.15) is 0 Å². The van der Waals surface area contributed by atoms with Crippen LogP contribution >= 0.6 is 11.3 Å². The Morgan fingerprint density at radius 2 is 2.00 bits per heavy atom. The maximum absolute atomic E-state index is 8.00. The zero-order valence-electron chi connectivity index (χ0n) is 7.86. The highest BCUT2D eigenvalue weighted by Gasteiger charge is 1.80. The molecular formula is C8H16N2O2S. The molecule has 0 radical (unpaired) electrons. The number of aliphatic hydroxyl groups excluding tert-OH is 1. The molecule has 13 heavy (non-hydrogen) atoms. The molecule has 0 aliphatic carbocycles. The summed E-state index contributed by atoms with van der Waals surface area (Å²) in [6.07, 6.45) is 1.35. The quantitative estimate of drug-likeness (QED) is 0.590. The molecule has 1 aromatic heterocycles. The van der Waals surface area contributed by atoms with Gasteiger partial charge in [0.05, 0.1) is 0 Å². The number of hydrogen-bond acceptors (Lipinski definition) is 5. The van der Waals surface area contributed by atoms with Crippen molar-refractivity contribution in [3.05, 3.63) is 22.4 Å². The van der Waals surface area contributed by atoms with Gasteiger partial charge in [-0.25, -0.2) is 0 Å². The van der Waals surface area contributed by atoms with Gasteiger partial charge in [0, 0.05) is 18.2 Å². The van der Waals surface area contributed by atoms with Crippen molar-refractivity contribution in [3.63, 3.8) is 0 Å². The third kappa shape index (κ3) is 13.9. The lowest BCUT2D eigenvalue weighted by Gasteiger charge is -1.69. The van der Waals surface area contributed by atoms with Gasteiger partial charge in [-0.15, -0.1) is 11.3 Å². The normalized spacial score (nSPS) is 5.85. The van der Waals surface area contributed by atoms with Crippen LogP contribution in [0.25, 0.3) is 0 Å². The summed E-state index contributed by atoms with van der Waals surface area (Å²) in [7, 11) is 2.50. The van der Waals surface area contributed by atoms with Crippen LogP contribution in [0.2, 0.25) is 0 Å². The van der Waals surface area contributed by atoms with E-state index in [9.17, 15) is 0 Å². The average Bonchev–Trinajstić information content (AvgIpc) is 2.79. The van der Waals surface area contributed by atoms with Gasteiger partial charge in [-0.1, -0.05) is 6.07 Å². The molecule has 0 unspecified atom stereocenters. The number of nitrogens with one attached hydrogen (secondary N) is 1. The summed E-state index contributed by atoms with van der Waals surface area (Å²) in [6.45, 7) is 2.00. The Bertz CT molecular complexity index is 167. The predicted octanol–water partition coefficient (Wildman–Crippen LogP) is 0.744. The summed E-state index contributed by atoms with van der Waals surface area (Å²) in [6, 6.07) is 3.85. The first-order valence-electron chi connectivity index (χ1n) is 3.29. The molecule has 1 rings (SSSR count). The molecule has 0 saturated heterocycles. The third-order valence-corrected chi connectivity index (χ3v) is 1.50. The van der Waals surface area contributed by atoms with Crippen LogP contribution in [0.5, 0.6) is 0 Å². The Labute approximate surface area is 82.5 Å². The minimum absolute atomic E-state index is 1.00. The van der Waals surface area contributed by atoms with E-state index in [1.54, 1.807) is 11.3 Å². The number of rotatable bonds is 1. The van der Waals surface area contributed by atoms with Crippen LogP contribution in [0.3, 0.4) is 0 Å². The van der Waals surface area contributed by atoms with Crippen molar-refractivity contribution in [2.24, 2.45) is 5.73 Å². The molecule has 5 heteroatoms. The van der Waals surface area contributed by atoms with Gasteiger partial charge in [-0.3, -0.25) is 0 Å². The van der Waals surface area contributed by atoms with Crippen molar-refractivity contribution < 1.29 is 9.90 Å².